The van der Waals surface area contributed by atoms with Crippen molar-refractivity contribution in [1.82, 2.24) is 4.90 Å². The van der Waals surface area contributed by atoms with Gasteiger partial charge in [-0.1, -0.05) is 6.07 Å². The Hall–Kier alpha value is -2.59. The summed E-state index contributed by atoms with van der Waals surface area (Å²) in [7, 11) is 3.05. The number of carbonyl (C=O) groups excluding carboxylic acids is 2. The molecule has 1 heterocycles. The van der Waals surface area contributed by atoms with E-state index >= 15 is 0 Å². The van der Waals surface area contributed by atoms with Gasteiger partial charge in [0.1, 0.15) is 0 Å². The smallest absolute Gasteiger partial charge is 0.233 e. The molecule has 2 aliphatic rings. The van der Waals surface area contributed by atoms with Crippen LogP contribution in [0, 0.1) is 23.2 Å². The number of benzene rings is 1. The summed E-state index contributed by atoms with van der Waals surface area (Å²) in [6, 6.07) is 6.60. The van der Waals surface area contributed by atoms with Crippen molar-refractivity contribution < 1.29 is 19.1 Å². The maximum absolute atomic E-state index is 12.9. The van der Waals surface area contributed by atoms with E-state index in [0.717, 1.165) is 6.42 Å². The zero-order chi connectivity index (χ0) is 18.8. The van der Waals surface area contributed by atoms with Crippen LogP contribution in [0.15, 0.2) is 18.2 Å². The van der Waals surface area contributed by atoms with Crippen LogP contribution in [0.3, 0.4) is 0 Å². The van der Waals surface area contributed by atoms with Gasteiger partial charge < -0.3 is 15.2 Å². The number of methoxy groups -OCH3 is 2. The van der Waals surface area contributed by atoms with Crippen molar-refractivity contribution in [3.8, 4) is 17.6 Å². The number of nitriles is 1. The highest BCUT2D eigenvalue weighted by Gasteiger charge is 2.51. The van der Waals surface area contributed by atoms with Crippen LogP contribution in [0.4, 0.5) is 0 Å². The molecule has 26 heavy (non-hydrogen) atoms. The minimum Gasteiger partial charge on any atom is -0.493 e. The Kier molecular flexibility index (Phi) is 5.14. The Bertz CT molecular complexity index is 758. The summed E-state index contributed by atoms with van der Waals surface area (Å²) in [5, 5.41) is 9.28. The number of ether oxygens (including phenoxy) is 2. The monoisotopic (exact) mass is 357 g/mol. The summed E-state index contributed by atoms with van der Waals surface area (Å²) >= 11 is 0. The lowest BCUT2D eigenvalue weighted by molar-refractivity contribution is -0.142. The van der Waals surface area contributed by atoms with Crippen LogP contribution in [-0.2, 0) is 9.59 Å². The van der Waals surface area contributed by atoms with E-state index in [9.17, 15) is 14.9 Å². The van der Waals surface area contributed by atoms with E-state index in [-0.39, 0.29) is 36.1 Å². The molecule has 0 spiro atoms. The molecule has 2 fully saturated rings. The molecule has 4 atom stereocenters. The van der Waals surface area contributed by atoms with Crippen LogP contribution in [0.25, 0.3) is 0 Å². The predicted octanol–water partition coefficient (Wildman–Crippen LogP) is 1.77. The van der Waals surface area contributed by atoms with Crippen LogP contribution in [0.1, 0.15) is 37.3 Å². The standard InChI is InChI=1S/C19H23N3O4/c1-25-16-6-3-11(9-17(16)26-2)15(7-8-20)22-18(23)13-5-4-12(21)10-14(13)19(22)24/h3,6,9,12-15H,4-5,7,10,21H2,1-2H3/t12?,13-,14+,15?/m1/s1. The molecular weight excluding hydrogens is 334 g/mol. The molecule has 7 nitrogen and oxygen atoms in total. The van der Waals surface area contributed by atoms with Gasteiger partial charge in [0.2, 0.25) is 11.8 Å². The van der Waals surface area contributed by atoms with Gasteiger partial charge in [0.25, 0.3) is 0 Å². The number of carbonyl (C=O) groups is 2. The number of likely N-dealkylation sites (tertiary alicyclic amines) is 1. The van der Waals surface area contributed by atoms with E-state index in [1.807, 2.05) is 0 Å². The highest BCUT2D eigenvalue weighted by Crippen LogP contribution is 2.43. The minimum atomic E-state index is -0.637. The van der Waals surface area contributed by atoms with Gasteiger partial charge in [0, 0.05) is 6.04 Å². The molecule has 1 aromatic carbocycles. The van der Waals surface area contributed by atoms with Gasteiger partial charge in [-0.05, 0) is 37.0 Å². The molecule has 1 aromatic rings. The lowest BCUT2D eigenvalue weighted by atomic mass is 9.79. The fraction of sp³-hybridized carbons (Fsp3) is 0.526. The van der Waals surface area contributed by atoms with Gasteiger partial charge >= 0.3 is 0 Å². The molecule has 3 rings (SSSR count). The van der Waals surface area contributed by atoms with Crippen LogP contribution in [0.2, 0.25) is 0 Å². The van der Waals surface area contributed by atoms with Crippen molar-refractivity contribution in [2.45, 2.75) is 37.8 Å². The number of hydrogen-bond acceptors (Lipinski definition) is 6. The quantitative estimate of drug-likeness (QED) is 0.805. The third-order valence-corrected chi connectivity index (χ3v) is 5.39. The molecule has 138 valence electrons. The number of nitrogens with two attached hydrogens (primary N) is 1. The van der Waals surface area contributed by atoms with Gasteiger partial charge in [0.05, 0.1) is 44.6 Å². The summed E-state index contributed by atoms with van der Waals surface area (Å²) in [6.07, 6.45) is 1.92. The molecule has 1 aliphatic heterocycles. The summed E-state index contributed by atoms with van der Waals surface area (Å²) in [5.41, 5.74) is 6.67. The second-order valence-corrected chi connectivity index (χ2v) is 6.83. The summed E-state index contributed by atoms with van der Waals surface area (Å²) < 4.78 is 10.6. The average molecular weight is 357 g/mol. The van der Waals surface area contributed by atoms with Gasteiger partial charge in [-0.3, -0.25) is 14.5 Å². The molecular formula is C19H23N3O4. The Balaban J connectivity index is 1.97. The first-order valence-corrected chi connectivity index (χ1v) is 8.73. The van der Waals surface area contributed by atoms with Gasteiger partial charge in [-0.25, -0.2) is 0 Å². The fourth-order valence-electron chi connectivity index (χ4n) is 4.05. The minimum absolute atomic E-state index is 0.0262. The zero-order valence-corrected chi connectivity index (χ0v) is 15.0. The van der Waals surface area contributed by atoms with Crippen molar-refractivity contribution in [2.75, 3.05) is 14.2 Å². The third kappa shape index (κ3) is 3.01. The largest absolute Gasteiger partial charge is 0.493 e. The normalized spacial score (nSPS) is 26.2. The van der Waals surface area contributed by atoms with E-state index in [0.29, 0.717) is 29.9 Å². The maximum Gasteiger partial charge on any atom is 0.233 e. The van der Waals surface area contributed by atoms with Gasteiger partial charge in [-0.2, -0.15) is 5.26 Å². The Morgan fingerprint density at radius 1 is 1.19 bits per heavy atom. The van der Waals surface area contributed by atoms with E-state index in [1.54, 1.807) is 18.2 Å². The van der Waals surface area contributed by atoms with Crippen LogP contribution in [0.5, 0.6) is 11.5 Å². The number of nitrogens with zero attached hydrogens (tertiary/aromatic N) is 2. The Morgan fingerprint density at radius 3 is 2.54 bits per heavy atom. The van der Waals surface area contributed by atoms with E-state index < -0.39 is 6.04 Å². The van der Waals surface area contributed by atoms with Crippen LogP contribution in [-0.4, -0.2) is 37.0 Å². The molecule has 2 unspecified atom stereocenters. The van der Waals surface area contributed by atoms with Crippen molar-refractivity contribution in [3.63, 3.8) is 0 Å². The van der Waals surface area contributed by atoms with Crippen molar-refractivity contribution in [2.24, 2.45) is 17.6 Å². The highest BCUT2D eigenvalue weighted by atomic mass is 16.5. The maximum atomic E-state index is 12.9. The summed E-state index contributed by atoms with van der Waals surface area (Å²) in [5.74, 6) is -0.0551. The van der Waals surface area contributed by atoms with Crippen LogP contribution >= 0.6 is 0 Å². The third-order valence-electron chi connectivity index (χ3n) is 5.39. The molecule has 2 N–H and O–H groups in total. The lowest BCUT2D eigenvalue weighted by Gasteiger charge is -2.26. The second kappa shape index (κ2) is 7.34. The predicted molar refractivity (Wildman–Crippen MR) is 93.2 cm³/mol. The first-order valence-electron chi connectivity index (χ1n) is 8.73. The van der Waals surface area contributed by atoms with E-state index in [2.05, 4.69) is 6.07 Å². The average Bonchev–Trinajstić information content (AvgIpc) is 2.89. The second-order valence-electron chi connectivity index (χ2n) is 6.83. The number of amides is 2. The van der Waals surface area contributed by atoms with Crippen molar-refractivity contribution in [1.29, 1.82) is 5.26 Å². The number of fused-ring (bicyclic) bond motifs is 1. The summed E-state index contributed by atoms with van der Waals surface area (Å²) in [6.45, 7) is 0. The van der Waals surface area contributed by atoms with E-state index in [1.165, 1.54) is 19.1 Å². The first kappa shape index (κ1) is 18.2. The molecule has 0 aromatic heterocycles. The Morgan fingerprint density at radius 2 is 1.88 bits per heavy atom. The fourth-order valence-corrected chi connectivity index (χ4v) is 4.05. The molecule has 0 radical (unpaired) electrons. The molecule has 1 aliphatic carbocycles. The molecule has 2 amide bonds. The SMILES string of the molecule is COc1ccc(C(CC#N)N2C(=O)[C@H]3CC(N)CC[C@H]3C2=O)cc1OC. The van der Waals surface area contributed by atoms with Crippen molar-refractivity contribution >= 4 is 11.8 Å². The topological polar surface area (TPSA) is 106 Å². The number of rotatable bonds is 5. The van der Waals surface area contributed by atoms with E-state index in [4.69, 9.17) is 15.2 Å². The zero-order valence-electron chi connectivity index (χ0n) is 15.0. The van der Waals surface area contributed by atoms with Gasteiger partial charge in [-0.15, -0.1) is 0 Å². The lowest BCUT2D eigenvalue weighted by Crippen LogP contribution is -2.35. The number of imide groups is 1. The van der Waals surface area contributed by atoms with Crippen molar-refractivity contribution in [3.05, 3.63) is 23.8 Å². The molecule has 1 saturated heterocycles. The summed E-state index contributed by atoms with van der Waals surface area (Å²) in [4.78, 5) is 27.1. The highest BCUT2D eigenvalue weighted by molar-refractivity contribution is 6.05. The molecule has 1 saturated carbocycles. The molecule has 7 heteroatoms. The Labute approximate surface area is 152 Å². The van der Waals surface area contributed by atoms with Gasteiger partial charge in [0.15, 0.2) is 11.5 Å². The first-order chi connectivity index (χ1) is 12.5. The number of hydrogen-bond donors (Lipinski definition) is 1. The molecule has 0 bridgehead atoms. The van der Waals surface area contributed by atoms with Crippen LogP contribution < -0.4 is 15.2 Å².